The highest BCUT2D eigenvalue weighted by atomic mass is 16.5. The van der Waals surface area contributed by atoms with Gasteiger partial charge in [0.25, 0.3) is 0 Å². The Labute approximate surface area is 106 Å². The Kier molecular flexibility index (Phi) is 4.17. The Morgan fingerprint density at radius 3 is 3.11 bits per heavy atom. The number of amides is 1. The summed E-state index contributed by atoms with van der Waals surface area (Å²) in [6.45, 7) is 3.23. The molecule has 18 heavy (non-hydrogen) atoms. The second-order valence-corrected chi connectivity index (χ2v) is 4.23. The fraction of sp³-hybridized carbons (Fsp3) is 0.462. The molecule has 2 N–H and O–H groups in total. The number of morpholine rings is 1. The zero-order valence-corrected chi connectivity index (χ0v) is 10.6. The summed E-state index contributed by atoms with van der Waals surface area (Å²) in [4.78, 5) is 12.1. The van der Waals surface area contributed by atoms with Crippen molar-refractivity contribution in [2.45, 2.75) is 19.1 Å². The van der Waals surface area contributed by atoms with Gasteiger partial charge < -0.3 is 20.1 Å². The monoisotopic (exact) mass is 250 g/mol. The normalized spacial score (nSPS) is 23.4. The summed E-state index contributed by atoms with van der Waals surface area (Å²) in [5.41, 5.74) is 0.721. The van der Waals surface area contributed by atoms with Gasteiger partial charge in [-0.05, 0) is 19.1 Å². The molecule has 0 radical (unpaired) electrons. The van der Waals surface area contributed by atoms with Crippen molar-refractivity contribution in [3.8, 4) is 5.75 Å². The van der Waals surface area contributed by atoms with Gasteiger partial charge in [0.1, 0.15) is 11.8 Å². The lowest BCUT2D eigenvalue weighted by Crippen LogP contribution is -2.53. The number of ether oxygens (including phenoxy) is 2. The summed E-state index contributed by atoms with van der Waals surface area (Å²) in [6.07, 6.45) is -0.121. The summed E-state index contributed by atoms with van der Waals surface area (Å²) in [7, 11) is 1.60. The average Bonchev–Trinajstić information content (AvgIpc) is 2.39. The number of anilines is 1. The number of methoxy groups -OCH3 is 1. The zero-order chi connectivity index (χ0) is 13.0. The van der Waals surface area contributed by atoms with Crippen LogP contribution in [0.4, 0.5) is 5.69 Å². The van der Waals surface area contributed by atoms with Crippen LogP contribution in [0.1, 0.15) is 6.92 Å². The number of hydrogen-bond donors (Lipinski definition) is 2. The summed E-state index contributed by atoms with van der Waals surface area (Å²) in [6, 6.07) is 6.97. The van der Waals surface area contributed by atoms with Gasteiger partial charge in [-0.25, -0.2) is 0 Å². The number of benzene rings is 1. The fourth-order valence-electron chi connectivity index (χ4n) is 1.95. The number of rotatable bonds is 3. The fourth-order valence-corrected chi connectivity index (χ4v) is 1.95. The predicted octanol–water partition coefficient (Wildman–Crippen LogP) is 1.01. The Morgan fingerprint density at radius 1 is 1.56 bits per heavy atom. The Bertz CT molecular complexity index is 422. The molecule has 0 bridgehead atoms. The molecule has 1 saturated heterocycles. The van der Waals surface area contributed by atoms with Gasteiger partial charge in [0.15, 0.2) is 0 Å². The molecule has 0 aliphatic carbocycles. The topological polar surface area (TPSA) is 59.6 Å². The first-order chi connectivity index (χ1) is 8.70. The van der Waals surface area contributed by atoms with E-state index in [0.717, 1.165) is 5.69 Å². The zero-order valence-electron chi connectivity index (χ0n) is 10.6. The summed E-state index contributed by atoms with van der Waals surface area (Å²) in [5, 5.41) is 6.00. The highest BCUT2D eigenvalue weighted by Gasteiger charge is 2.28. The Hall–Kier alpha value is -1.59. The molecule has 0 aromatic heterocycles. The smallest absolute Gasteiger partial charge is 0.244 e. The van der Waals surface area contributed by atoms with Crippen LogP contribution in [0.15, 0.2) is 24.3 Å². The third kappa shape index (κ3) is 3.00. The van der Waals surface area contributed by atoms with E-state index in [-0.39, 0.29) is 18.1 Å². The molecule has 1 amide bonds. The molecule has 1 aliphatic rings. The molecule has 0 spiro atoms. The van der Waals surface area contributed by atoms with E-state index in [1.807, 2.05) is 25.1 Å². The first-order valence-electron chi connectivity index (χ1n) is 6.00. The summed E-state index contributed by atoms with van der Waals surface area (Å²) < 4.78 is 10.6. The third-order valence-corrected chi connectivity index (χ3v) is 2.94. The molecule has 98 valence electrons. The molecular formula is C13H18N2O3. The van der Waals surface area contributed by atoms with Crippen LogP contribution in [0.2, 0.25) is 0 Å². The van der Waals surface area contributed by atoms with Gasteiger partial charge in [0, 0.05) is 18.3 Å². The van der Waals surface area contributed by atoms with Crippen molar-refractivity contribution in [1.82, 2.24) is 5.32 Å². The lowest BCUT2D eigenvalue weighted by molar-refractivity contribution is -0.123. The van der Waals surface area contributed by atoms with Crippen LogP contribution < -0.4 is 15.4 Å². The Morgan fingerprint density at radius 2 is 2.39 bits per heavy atom. The van der Waals surface area contributed by atoms with E-state index in [0.29, 0.717) is 18.9 Å². The van der Waals surface area contributed by atoms with Crippen LogP contribution in [-0.4, -0.2) is 38.3 Å². The molecular weight excluding hydrogens is 232 g/mol. The van der Waals surface area contributed by atoms with Gasteiger partial charge >= 0.3 is 0 Å². The van der Waals surface area contributed by atoms with Crippen molar-refractivity contribution in [2.75, 3.05) is 25.6 Å². The minimum atomic E-state index is -0.315. The quantitative estimate of drug-likeness (QED) is 0.840. The van der Waals surface area contributed by atoms with Gasteiger partial charge in [-0.1, -0.05) is 6.07 Å². The van der Waals surface area contributed by atoms with Crippen molar-refractivity contribution >= 4 is 11.6 Å². The van der Waals surface area contributed by atoms with Gasteiger partial charge in [-0.15, -0.1) is 0 Å². The third-order valence-electron chi connectivity index (χ3n) is 2.94. The molecule has 1 aromatic rings. The van der Waals surface area contributed by atoms with Gasteiger partial charge in [-0.2, -0.15) is 0 Å². The minimum absolute atomic E-state index is 0.0875. The molecule has 2 atom stereocenters. The second-order valence-electron chi connectivity index (χ2n) is 4.23. The largest absolute Gasteiger partial charge is 0.497 e. The number of carbonyl (C=O) groups excluding carboxylic acids is 1. The number of nitrogens with one attached hydrogen (secondary N) is 2. The van der Waals surface area contributed by atoms with Gasteiger partial charge in [-0.3, -0.25) is 4.79 Å². The van der Waals surface area contributed by atoms with E-state index in [2.05, 4.69) is 10.6 Å². The maximum absolute atomic E-state index is 12.1. The van der Waals surface area contributed by atoms with Crippen molar-refractivity contribution in [3.05, 3.63) is 24.3 Å². The average molecular weight is 250 g/mol. The lowest BCUT2D eigenvalue weighted by atomic mass is 10.1. The lowest BCUT2D eigenvalue weighted by Gasteiger charge is -2.29. The molecule has 1 aromatic carbocycles. The van der Waals surface area contributed by atoms with Crippen molar-refractivity contribution in [1.29, 1.82) is 0 Å². The summed E-state index contributed by atoms with van der Waals surface area (Å²) >= 11 is 0. The van der Waals surface area contributed by atoms with E-state index in [1.165, 1.54) is 0 Å². The standard InChI is InChI=1S/C13H18N2O3/c1-9-12(14-6-7-18-9)13(16)15-10-4-3-5-11(8-10)17-2/h3-5,8-9,12,14H,6-7H2,1-2H3,(H,15,16)/t9-,12+/m1/s1. The van der Waals surface area contributed by atoms with Gasteiger partial charge in [0.05, 0.1) is 19.8 Å². The first-order valence-corrected chi connectivity index (χ1v) is 6.00. The molecule has 1 fully saturated rings. The van der Waals surface area contributed by atoms with Crippen LogP contribution in [0.25, 0.3) is 0 Å². The minimum Gasteiger partial charge on any atom is -0.497 e. The maximum Gasteiger partial charge on any atom is 0.244 e. The van der Waals surface area contributed by atoms with Crippen LogP contribution in [-0.2, 0) is 9.53 Å². The van der Waals surface area contributed by atoms with E-state index >= 15 is 0 Å². The van der Waals surface area contributed by atoms with Crippen molar-refractivity contribution < 1.29 is 14.3 Å². The van der Waals surface area contributed by atoms with E-state index in [1.54, 1.807) is 13.2 Å². The van der Waals surface area contributed by atoms with E-state index in [4.69, 9.17) is 9.47 Å². The van der Waals surface area contributed by atoms with Crippen LogP contribution in [0.3, 0.4) is 0 Å². The molecule has 5 heteroatoms. The highest BCUT2D eigenvalue weighted by molar-refractivity contribution is 5.95. The molecule has 5 nitrogen and oxygen atoms in total. The predicted molar refractivity (Wildman–Crippen MR) is 68.8 cm³/mol. The van der Waals surface area contributed by atoms with Crippen molar-refractivity contribution in [3.63, 3.8) is 0 Å². The van der Waals surface area contributed by atoms with Gasteiger partial charge in [0.2, 0.25) is 5.91 Å². The SMILES string of the molecule is COc1cccc(NC(=O)[C@H]2NCCO[C@@H]2C)c1. The maximum atomic E-state index is 12.1. The molecule has 0 saturated carbocycles. The van der Waals surface area contributed by atoms with Crippen molar-refractivity contribution in [2.24, 2.45) is 0 Å². The molecule has 1 aliphatic heterocycles. The summed E-state index contributed by atoms with van der Waals surface area (Å²) in [5.74, 6) is 0.629. The van der Waals surface area contributed by atoms with E-state index in [9.17, 15) is 4.79 Å². The first kappa shape index (κ1) is 12.9. The van der Waals surface area contributed by atoms with Crippen LogP contribution in [0, 0.1) is 0 Å². The highest BCUT2D eigenvalue weighted by Crippen LogP contribution is 2.17. The van der Waals surface area contributed by atoms with Crippen LogP contribution in [0.5, 0.6) is 5.75 Å². The molecule has 0 unspecified atom stereocenters. The second kappa shape index (κ2) is 5.84. The Balaban J connectivity index is 2.01. The number of carbonyl (C=O) groups is 1. The van der Waals surface area contributed by atoms with E-state index < -0.39 is 0 Å². The molecule has 2 rings (SSSR count). The number of hydrogen-bond acceptors (Lipinski definition) is 4. The molecule has 1 heterocycles. The van der Waals surface area contributed by atoms with Crippen LogP contribution >= 0.6 is 0 Å².